The quantitative estimate of drug-likeness (QED) is 0.619. The van der Waals surface area contributed by atoms with Gasteiger partial charge in [-0.1, -0.05) is 0 Å². The molecule has 0 aromatic carbocycles. The fraction of sp³-hybridized carbons (Fsp3) is 0.667. The van der Waals surface area contributed by atoms with E-state index in [2.05, 4.69) is 9.98 Å². The Balaban J connectivity index is 2.27. The molecule has 1 aliphatic rings. The van der Waals surface area contributed by atoms with E-state index in [0.717, 1.165) is 0 Å². The van der Waals surface area contributed by atoms with Crippen LogP contribution in [0.3, 0.4) is 0 Å². The molecule has 0 spiro atoms. The van der Waals surface area contributed by atoms with E-state index in [4.69, 9.17) is 23.2 Å². The van der Waals surface area contributed by atoms with Crippen molar-refractivity contribution in [2.45, 2.75) is 5.38 Å². The number of hydrogen-bond donors (Lipinski definition) is 0. The van der Waals surface area contributed by atoms with E-state index >= 15 is 0 Å². The summed E-state index contributed by atoms with van der Waals surface area (Å²) in [5, 5.41) is -0.0311. The molecule has 0 radical (unpaired) electrons. The van der Waals surface area contributed by atoms with Crippen LogP contribution in [-0.4, -0.2) is 42.0 Å². The number of nitrogens with zero attached hydrogens (tertiary/aromatic N) is 3. The summed E-state index contributed by atoms with van der Waals surface area (Å²) in [5.41, 5.74) is 0. The maximum Gasteiger partial charge on any atom is 0.113 e. The minimum absolute atomic E-state index is 0.0311. The van der Waals surface area contributed by atoms with Crippen molar-refractivity contribution in [2.75, 3.05) is 19.1 Å². The predicted molar refractivity (Wildman–Crippen MR) is 48.9 cm³/mol. The summed E-state index contributed by atoms with van der Waals surface area (Å²) in [4.78, 5) is 9.72. The molecule has 0 saturated carbocycles. The summed E-state index contributed by atoms with van der Waals surface area (Å²) < 4.78 is 0. The van der Waals surface area contributed by atoms with Crippen LogP contribution in [0.1, 0.15) is 0 Å². The molecule has 0 aromatic rings. The average Bonchev–Trinajstić information content (AvgIpc) is 2.06. The summed E-state index contributed by atoms with van der Waals surface area (Å²) in [6.07, 6.45) is 3.25. The second-order valence-corrected chi connectivity index (χ2v) is 3.15. The molecule has 1 aliphatic heterocycles. The molecule has 0 fully saturated rings. The third-order valence-corrected chi connectivity index (χ3v) is 2.06. The lowest BCUT2D eigenvalue weighted by molar-refractivity contribution is 0.444. The van der Waals surface area contributed by atoms with Crippen molar-refractivity contribution in [3.05, 3.63) is 0 Å². The average molecular weight is 194 g/mol. The van der Waals surface area contributed by atoms with E-state index in [1.807, 2.05) is 4.90 Å². The van der Waals surface area contributed by atoms with E-state index < -0.39 is 0 Å². The van der Waals surface area contributed by atoms with E-state index in [-0.39, 0.29) is 5.38 Å². The van der Waals surface area contributed by atoms with Crippen LogP contribution < -0.4 is 0 Å². The standard InChI is InChI=1S/C6H9Cl2N3/c7-1-6(8)2-11-4-9-3-10-5-11/h3-4,6H,1-2,5H2. The third kappa shape index (κ3) is 3.08. The number of aliphatic imine (C=N–C) groups is 2. The van der Waals surface area contributed by atoms with Gasteiger partial charge in [-0.05, 0) is 0 Å². The van der Waals surface area contributed by atoms with Crippen LogP contribution in [0.25, 0.3) is 0 Å². The maximum atomic E-state index is 5.81. The first kappa shape index (κ1) is 8.81. The summed E-state index contributed by atoms with van der Waals surface area (Å²) in [6.45, 7) is 1.33. The largest absolute Gasteiger partial charge is 0.342 e. The number of alkyl halides is 2. The van der Waals surface area contributed by atoms with Crippen molar-refractivity contribution >= 4 is 35.9 Å². The van der Waals surface area contributed by atoms with Crippen molar-refractivity contribution in [3.8, 4) is 0 Å². The third-order valence-electron chi connectivity index (χ3n) is 1.24. The van der Waals surface area contributed by atoms with Gasteiger partial charge in [0, 0.05) is 12.4 Å². The number of halogens is 2. The number of rotatable bonds is 3. The van der Waals surface area contributed by atoms with Crippen molar-refractivity contribution < 1.29 is 0 Å². The van der Waals surface area contributed by atoms with Gasteiger partial charge in [-0.15, -0.1) is 23.2 Å². The summed E-state index contributed by atoms with van der Waals surface area (Å²) >= 11 is 11.3. The zero-order valence-electron chi connectivity index (χ0n) is 5.95. The summed E-state index contributed by atoms with van der Waals surface area (Å²) in [6, 6.07) is 0. The van der Waals surface area contributed by atoms with Crippen LogP contribution in [0.2, 0.25) is 0 Å². The monoisotopic (exact) mass is 193 g/mol. The fourth-order valence-electron chi connectivity index (χ4n) is 0.757. The van der Waals surface area contributed by atoms with Crippen LogP contribution in [0.15, 0.2) is 9.98 Å². The van der Waals surface area contributed by atoms with Crippen LogP contribution in [-0.2, 0) is 0 Å². The molecular formula is C6H9Cl2N3. The van der Waals surface area contributed by atoms with Gasteiger partial charge in [0.2, 0.25) is 0 Å². The highest BCUT2D eigenvalue weighted by Gasteiger charge is 2.08. The Bertz CT molecular complexity index is 169. The van der Waals surface area contributed by atoms with E-state index in [9.17, 15) is 0 Å². The van der Waals surface area contributed by atoms with Crippen molar-refractivity contribution in [2.24, 2.45) is 9.98 Å². The van der Waals surface area contributed by atoms with Crippen LogP contribution >= 0.6 is 23.2 Å². The lowest BCUT2D eigenvalue weighted by Gasteiger charge is -2.20. The Morgan fingerprint density at radius 2 is 2.45 bits per heavy atom. The van der Waals surface area contributed by atoms with Gasteiger partial charge in [0.15, 0.2) is 0 Å². The van der Waals surface area contributed by atoms with Gasteiger partial charge >= 0.3 is 0 Å². The molecule has 3 nitrogen and oxygen atoms in total. The smallest absolute Gasteiger partial charge is 0.113 e. The van der Waals surface area contributed by atoms with Crippen LogP contribution in [0.5, 0.6) is 0 Å². The second kappa shape index (κ2) is 4.57. The molecule has 0 bridgehead atoms. The predicted octanol–water partition coefficient (Wildman–Crippen LogP) is 1.16. The van der Waals surface area contributed by atoms with Crippen LogP contribution in [0, 0.1) is 0 Å². The van der Waals surface area contributed by atoms with Gasteiger partial charge in [-0.2, -0.15) is 0 Å². The Labute approximate surface area is 75.7 Å². The van der Waals surface area contributed by atoms with Gasteiger partial charge in [0.25, 0.3) is 0 Å². The van der Waals surface area contributed by atoms with E-state index in [1.165, 1.54) is 6.34 Å². The summed E-state index contributed by atoms with van der Waals surface area (Å²) in [5.74, 6) is 0.454. The highest BCUT2D eigenvalue weighted by Crippen LogP contribution is 2.02. The molecule has 0 aromatic heterocycles. The molecule has 5 heteroatoms. The molecule has 1 rings (SSSR count). The highest BCUT2D eigenvalue weighted by molar-refractivity contribution is 6.28. The first-order valence-corrected chi connectivity index (χ1v) is 4.25. The van der Waals surface area contributed by atoms with Gasteiger partial charge < -0.3 is 4.90 Å². The molecule has 62 valence electrons. The van der Waals surface area contributed by atoms with Crippen molar-refractivity contribution in [1.29, 1.82) is 0 Å². The molecule has 1 unspecified atom stereocenters. The lowest BCUT2D eigenvalue weighted by Crippen LogP contribution is -2.31. The molecule has 1 atom stereocenters. The molecule has 0 saturated heterocycles. The molecule has 1 heterocycles. The zero-order valence-corrected chi connectivity index (χ0v) is 7.46. The molecule has 0 N–H and O–H groups in total. The molecule has 0 amide bonds. The van der Waals surface area contributed by atoms with Gasteiger partial charge in [-0.3, -0.25) is 4.99 Å². The van der Waals surface area contributed by atoms with E-state index in [1.54, 1.807) is 6.34 Å². The first-order chi connectivity index (χ1) is 5.33. The Kier molecular flexibility index (Phi) is 3.66. The van der Waals surface area contributed by atoms with Gasteiger partial charge in [0.1, 0.15) is 13.0 Å². The highest BCUT2D eigenvalue weighted by atomic mass is 35.5. The Morgan fingerprint density at radius 3 is 3.00 bits per heavy atom. The van der Waals surface area contributed by atoms with Crippen LogP contribution in [0.4, 0.5) is 0 Å². The first-order valence-electron chi connectivity index (χ1n) is 3.28. The SMILES string of the molecule is ClCC(Cl)CN1C=NC=NC1. The Hall–Kier alpha value is -0.280. The Morgan fingerprint density at radius 1 is 1.64 bits per heavy atom. The lowest BCUT2D eigenvalue weighted by atomic mass is 10.4. The van der Waals surface area contributed by atoms with E-state index in [0.29, 0.717) is 19.1 Å². The fourth-order valence-corrected chi connectivity index (χ4v) is 1.03. The van der Waals surface area contributed by atoms with Crippen molar-refractivity contribution in [1.82, 2.24) is 4.90 Å². The topological polar surface area (TPSA) is 28.0 Å². The second-order valence-electron chi connectivity index (χ2n) is 2.23. The maximum absolute atomic E-state index is 5.81. The van der Waals surface area contributed by atoms with Gasteiger partial charge in [0.05, 0.1) is 11.7 Å². The number of hydrogen-bond acceptors (Lipinski definition) is 3. The van der Waals surface area contributed by atoms with Gasteiger partial charge in [-0.25, -0.2) is 4.99 Å². The minimum atomic E-state index is -0.0311. The summed E-state index contributed by atoms with van der Waals surface area (Å²) in [7, 11) is 0. The molecular weight excluding hydrogens is 185 g/mol. The zero-order chi connectivity index (χ0) is 8.10. The molecule has 0 aliphatic carbocycles. The minimum Gasteiger partial charge on any atom is -0.342 e. The molecule has 11 heavy (non-hydrogen) atoms. The van der Waals surface area contributed by atoms with Crippen molar-refractivity contribution in [3.63, 3.8) is 0 Å². The normalized spacial score (nSPS) is 18.9.